The van der Waals surface area contributed by atoms with E-state index in [4.69, 9.17) is 4.84 Å². The molecule has 5 heteroatoms. The van der Waals surface area contributed by atoms with E-state index in [1.54, 1.807) is 12.1 Å². The van der Waals surface area contributed by atoms with Crippen molar-refractivity contribution >= 4 is 11.6 Å². The van der Waals surface area contributed by atoms with Crippen molar-refractivity contribution < 1.29 is 14.0 Å². The molecule has 0 bridgehead atoms. The van der Waals surface area contributed by atoms with E-state index in [1.165, 1.54) is 18.6 Å². The molecule has 118 valence electrons. The van der Waals surface area contributed by atoms with E-state index in [2.05, 4.69) is 12.1 Å². The molecule has 2 unspecified atom stereocenters. The second-order valence-corrected chi connectivity index (χ2v) is 6.29. The van der Waals surface area contributed by atoms with Gasteiger partial charge in [-0.15, -0.1) is 0 Å². The molecule has 0 N–H and O–H groups in total. The van der Waals surface area contributed by atoms with Crippen LogP contribution in [-0.2, 0) is 16.1 Å². The molecule has 1 aromatic carbocycles. The number of hydrogen-bond acceptors (Lipinski definition) is 3. The van der Waals surface area contributed by atoms with Crippen molar-refractivity contribution in [3.8, 4) is 0 Å². The normalized spacial score (nSPS) is 24.8. The van der Waals surface area contributed by atoms with Crippen LogP contribution in [0.4, 0.5) is 4.39 Å². The fraction of sp³-hybridized carbons (Fsp3) is 0.529. The summed E-state index contributed by atoms with van der Waals surface area (Å²) in [6.07, 6.45) is 2.88. The van der Waals surface area contributed by atoms with Gasteiger partial charge in [-0.2, -0.15) is 0 Å². The molecule has 22 heavy (non-hydrogen) atoms. The number of nitrogens with zero attached hydrogens (tertiary/aromatic N) is 2. The van der Waals surface area contributed by atoms with Gasteiger partial charge >= 0.3 is 0 Å². The smallest absolute Gasteiger partial charge is 0.266 e. The van der Waals surface area contributed by atoms with E-state index in [9.17, 15) is 9.18 Å². The Morgan fingerprint density at radius 1 is 1.41 bits per heavy atom. The van der Waals surface area contributed by atoms with Crippen LogP contribution in [-0.4, -0.2) is 35.7 Å². The van der Waals surface area contributed by atoms with E-state index < -0.39 is 6.10 Å². The minimum absolute atomic E-state index is 0.0457. The maximum atomic E-state index is 12.9. The molecule has 0 spiro atoms. The van der Waals surface area contributed by atoms with Crippen LogP contribution in [0.5, 0.6) is 0 Å². The Morgan fingerprint density at radius 2 is 2.18 bits per heavy atom. The number of rotatable bonds is 3. The second kappa shape index (κ2) is 6.46. The van der Waals surface area contributed by atoms with Gasteiger partial charge < -0.3 is 9.74 Å². The quantitative estimate of drug-likeness (QED) is 0.861. The molecule has 0 radical (unpaired) electrons. The summed E-state index contributed by atoms with van der Waals surface area (Å²) in [5.74, 6) is 0.351. The van der Waals surface area contributed by atoms with E-state index in [1.807, 2.05) is 4.90 Å². The Kier molecular flexibility index (Phi) is 4.41. The average molecular weight is 304 g/mol. The number of amides is 1. The fourth-order valence-corrected chi connectivity index (χ4v) is 3.09. The lowest BCUT2D eigenvalue weighted by Crippen LogP contribution is -2.44. The second-order valence-electron chi connectivity index (χ2n) is 6.29. The summed E-state index contributed by atoms with van der Waals surface area (Å²) in [7, 11) is 0. The van der Waals surface area contributed by atoms with Crippen molar-refractivity contribution in [1.29, 1.82) is 0 Å². The van der Waals surface area contributed by atoms with Gasteiger partial charge in [-0.1, -0.05) is 24.2 Å². The van der Waals surface area contributed by atoms with E-state index in [0.717, 1.165) is 30.8 Å². The Balaban J connectivity index is 1.54. The van der Waals surface area contributed by atoms with E-state index >= 15 is 0 Å². The van der Waals surface area contributed by atoms with Crippen molar-refractivity contribution in [2.24, 2.45) is 11.1 Å². The third-order valence-corrected chi connectivity index (χ3v) is 4.30. The molecule has 0 saturated carbocycles. The van der Waals surface area contributed by atoms with Crippen molar-refractivity contribution in [3.63, 3.8) is 0 Å². The molecule has 0 aromatic heterocycles. The third-order valence-electron chi connectivity index (χ3n) is 4.30. The van der Waals surface area contributed by atoms with Gasteiger partial charge in [-0.05, 0) is 36.5 Å². The van der Waals surface area contributed by atoms with Crippen LogP contribution in [0.15, 0.2) is 29.4 Å². The highest BCUT2D eigenvalue weighted by molar-refractivity contribution is 5.94. The van der Waals surface area contributed by atoms with Gasteiger partial charge in [-0.25, -0.2) is 4.39 Å². The molecule has 3 rings (SSSR count). The lowest BCUT2D eigenvalue weighted by Gasteiger charge is -2.32. The highest BCUT2D eigenvalue weighted by atomic mass is 19.1. The van der Waals surface area contributed by atoms with Crippen molar-refractivity contribution in [2.75, 3.05) is 13.1 Å². The first-order chi connectivity index (χ1) is 10.6. The lowest BCUT2D eigenvalue weighted by atomic mass is 9.99. The zero-order valence-corrected chi connectivity index (χ0v) is 12.8. The van der Waals surface area contributed by atoms with Gasteiger partial charge in [0.05, 0.1) is 5.71 Å². The van der Waals surface area contributed by atoms with Gasteiger partial charge in [-0.3, -0.25) is 4.79 Å². The van der Waals surface area contributed by atoms with Gasteiger partial charge in [0.1, 0.15) is 5.82 Å². The number of likely N-dealkylation sites (tertiary alicyclic amines) is 1. The SMILES string of the molecule is CC1CCCN(C(=O)C2CC(Cc3ccc(F)cc3)=NO2)C1. The van der Waals surface area contributed by atoms with E-state index in [0.29, 0.717) is 18.8 Å². The molecular weight excluding hydrogens is 283 g/mol. The van der Waals surface area contributed by atoms with Gasteiger partial charge in [0.15, 0.2) is 0 Å². The van der Waals surface area contributed by atoms with E-state index in [-0.39, 0.29) is 11.7 Å². The molecule has 2 atom stereocenters. The molecule has 1 aromatic rings. The summed E-state index contributed by atoms with van der Waals surface area (Å²) in [6, 6.07) is 6.34. The Morgan fingerprint density at radius 3 is 2.91 bits per heavy atom. The maximum Gasteiger partial charge on any atom is 0.266 e. The molecule has 2 aliphatic rings. The number of benzene rings is 1. The molecule has 0 aliphatic carbocycles. The fourth-order valence-electron chi connectivity index (χ4n) is 3.09. The predicted octanol–water partition coefficient (Wildman–Crippen LogP) is 2.77. The Hall–Kier alpha value is -1.91. The number of carbonyl (C=O) groups excluding carboxylic acids is 1. The average Bonchev–Trinajstić information content (AvgIpc) is 2.97. The summed E-state index contributed by atoms with van der Waals surface area (Å²) < 4.78 is 12.9. The number of carbonyl (C=O) groups is 1. The first-order valence-corrected chi connectivity index (χ1v) is 7.86. The standard InChI is InChI=1S/C17H21FN2O2/c1-12-3-2-8-20(11-12)17(21)16-10-15(19-22-16)9-13-4-6-14(18)7-5-13/h4-7,12,16H,2-3,8-11H2,1H3. The summed E-state index contributed by atoms with van der Waals surface area (Å²) in [6.45, 7) is 3.80. The first-order valence-electron chi connectivity index (χ1n) is 7.86. The summed E-state index contributed by atoms with van der Waals surface area (Å²) in [4.78, 5) is 19.7. The molecule has 4 nitrogen and oxygen atoms in total. The van der Waals surface area contributed by atoms with Gasteiger partial charge in [0.2, 0.25) is 6.10 Å². The van der Waals surface area contributed by atoms with Gasteiger partial charge in [0, 0.05) is 25.9 Å². The number of halogens is 1. The Bertz CT molecular complexity index is 571. The van der Waals surface area contributed by atoms with Crippen LogP contribution >= 0.6 is 0 Å². The van der Waals surface area contributed by atoms with Crippen molar-refractivity contribution in [1.82, 2.24) is 4.90 Å². The topological polar surface area (TPSA) is 41.9 Å². The maximum absolute atomic E-state index is 12.9. The van der Waals surface area contributed by atoms with Crippen LogP contribution < -0.4 is 0 Å². The summed E-state index contributed by atoms with van der Waals surface area (Å²) in [5, 5.41) is 4.05. The highest BCUT2D eigenvalue weighted by Gasteiger charge is 2.33. The summed E-state index contributed by atoms with van der Waals surface area (Å²) in [5.41, 5.74) is 1.82. The molecule has 2 heterocycles. The van der Waals surface area contributed by atoms with Crippen LogP contribution in [0.25, 0.3) is 0 Å². The van der Waals surface area contributed by atoms with Crippen molar-refractivity contribution in [3.05, 3.63) is 35.6 Å². The molecule has 1 saturated heterocycles. The summed E-state index contributed by atoms with van der Waals surface area (Å²) >= 11 is 0. The van der Waals surface area contributed by atoms with Crippen LogP contribution in [0.1, 0.15) is 31.7 Å². The molecule has 1 fully saturated rings. The number of oxime groups is 1. The molecular formula is C17H21FN2O2. The number of piperidine rings is 1. The third kappa shape index (κ3) is 3.46. The van der Waals surface area contributed by atoms with Crippen molar-refractivity contribution in [2.45, 2.75) is 38.7 Å². The van der Waals surface area contributed by atoms with Crippen LogP contribution in [0.2, 0.25) is 0 Å². The zero-order chi connectivity index (χ0) is 15.5. The first kappa shape index (κ1) is 15.0. The monoisotopic (exact) mass is 304 g/mol. The molecule has 2 aliphatic heterocycles. The van der Waals surface area contributed by atoms with Crippen LogP contribution in [0.3, 0.4) is 0 Å². The lowest BCUT2D eigenvalue weighted by molar-refractivity contribution is -0.143. The van der Waals surface area contributed by atoms with Crippen LogP contribution in [0, 0.1) is 11.7 Å². The minimum atomic E-state index is -0.485. The minimum Gasteiger partial charge on any atom is -0.382 e. The predicted molar refractivity (Wildman–Crippen MR) is 82.0 cm³/mol. The Labute approximate surface area is 129 Å². The van der Waals surface area contributed by atoms with Gasteiger partial charge in [0.25, 0.3) is 5.91 Å². The number of hydrogen-bond donors (Lipinski definition) is 0. The zero-order valence-electron chi connectivity index (χ0n) is 12.8. The largest absolute Gasteiger partial charge is 0.382 e. The molecule has 1 amide bonds. The highest BCUT2D eigenvalue weighted by Crippen LogP contribution is 2.21.